The number of nitrogens with one attached hydrogen (secondary N) is 3. The molecule has 27 heavy (non-hydrogen) atoms. The average molecular weight is 357 g/mol. The SMILES string of the molecule is Cc1cc(-c2ccc(C3CNC(=O)N3c3ccc4[nH]cnc4c3)cc2)c[nH]1. The molecule has 1 unspecified atom stereocenters. The van der Waals surface area contributed by atoms with Crippen molar-refractivity contribution in [2.75, 3.05) is 11.4 Å². The molecule has 2 aromatic carbocycles. The molecule has 1 atom stereocenters. The number of rotatable bonds is 3. The third-order valence-corrected chi connectivity index (χ3v) is 5.12. The van der Waals surface area contributed by atoms with Crippen LogP contribution in [0, 0.1) is 6.92 Å². The van der Waals surface area contributed by atoms with Crippen LogP contribution in [0.1, 0.15) is 17.3 Å². The maximum atomic E-state index is 12.5. The van der Waals surface area contributed by atoms with E-state index in [4.69, 9.17) is 0 Å². The van der Waals surface area contributed by atoms with E-state index in [-0.39, 0.29) is 12.1 Å². The lowest BCUT2D eigenvalue weighted by molar-refractivity contribution is 0.251. The van der Waals surface area contributed by atoms with E-state index >= 15 is 0 Å². The maximum Gasteiger partial charge on any atom is 0.322 e. The monoisotopic (exact) mass is 357 g/mol. The third-order valence-electron chi connectivity index (χ3n) is 5.12. The summed E-state index contributed by atoms with van der Waals surface area (Å²) < 4.78 is 0. The fraction of sp³-hybridized carbons (Fsp3) is 0.143. The minimum Gasteiger partial charge on any atom is -0.365 e. The van der Waals surface area contributed by atoms with Crippen LogP contribution in [-0.2, 0) is 0 Å². The van der Waals surface area contributed by atoms with E-state index in [2.05, 4.69) is 50.6 Å². The summed E-state index contributed by atoms with van der Waals surface area (Å²) in [6.45, 7) is 2.63. The van der Waals surface area contributed by atoms with Gasteiger partial charge in [0.15, 0.2) is 0 Å². The highest BCUT2D eigenvalue weighted by Gasteiger charge is 2.33. The van der Waals surface area contributed by atoms with Crippen LogP contribution in [0.4, 0.5) is 10.5 Å². The number of aromatic nitrogens is 3. The number of aryl methyl sites for hydroxylation is 1. The van der Waals surface area contributed by atoms with Crippen LogP contribution >= 0.6 is 0 Å². The van der Waals surface area contributed by atoms with Crippen LogP contribution in [0.2, 0.25) is 0 Å². The number of fused-ring (bicyclic) bond motifs is 1. The molecule has 2 amide bonds. The molecule has 0 radical (unpaired) electrons. The number of amides is 2. The summed E-state index contributed by atoms with van der Waals surface area (Å²) in [6, 6.07) is 16.3. The first-order valence-corrected chi connectivity index (χ1v) is 8.94. The van der Waals surface area contributed by atoms with Crippen LogP contribution in [0.3, 0.4) is 0 Å². The van der Waals surface area contributed by atoms with Gasteiger partial charge in [-0.25, -0.2) is 9.78 Å². The van der Waals surface area contributed by atoms with Crippen molar-refractivity contribution in [1.29, 1.82) is 0 Å². The van der Waals surface area contributed by atoms with Gasteiger partial charge in [-0.1, -0.05) is 24.3 Å². The summed E-state index contributed by atoms with van der Waals surface area (Å²) in [4.78, 5) is 24.9. The highest BCUT2D eigenvalue weighted by Crippen LogP contribution is 2.33. The quantitative estimate of drug-likeness (QED) is 0.515. The second kappa shape index (κ2) is 6.02. The van der Waals surface area contributed by atoms with Crippen LogP contribution < -0.4 is 10.2 Å². The summed E-state index contributed by atoms with van der Waals surface area (Å²) in [5, 5.41) is 2.96. The molecular weight excluding hydrogens is 338 g/mol. The van der Waals surface area contributed by atoms with Crippen molar-refractivity contribution in [3.63, 3.8) is 0 Å². The predicted molar refractivity (Wildman–Crippen MR) is 106 cm³/mol. The number of urea groups is 1. The van der Waals surface area contributed by atoms with E-state index in [0.29, 0.717) is 6.54 Å². The minimum absolute atomic E-state index is 0.0455. The van der Waals surface area contributed by atoms with Crippen LogP contribution in [0.5, 0.6) is 0 Å². The van der Waals surface area contributed by atoms with Crippen molar-refractivity contribution in [3.05, 3.63) is 72.3 Å². The Bertz CT molecular complexity index is 1120. The van der Waals surface area contributed by atoms with Gasteiger partial charge >= 0.3 is 6.03 Å². The normalized spacial score (nSPS) is 16.9. The molecule has 3 heterocycles. The standard InChI is InChI=1S/C21H19N5O/c1-13-8-16(10-22-13)14-2-4-15(5-3-14)20-11-23-21(27)26(20)17-6-7-18-19(9-17)25-12-24-18/h2-10,12,20,22H,11H2,1H3,(H,23,27)(H,24,25). The zero-order valence-corrected chi connectivity index (χ0v) is 14.9. The molecule has 2 aromatic heterocycles. The lowest BCUT2D eigenvalue weighted by atomic mass is 10.0. The van der Waals surface area contributed by atoms with Gasteiger partial charge < -0.3 is 15.3 Å². The Morgan fingerprint density at radius 2 is 1.89 bits per heavy atom. The summed E-state index contributed by atoms with van der Waals surface area (Å²) >= 11 is 0. The first-order chi connectivity index (χ1) is 13.2. The molecule has 0 spiro atoms. The number of nitrogens with zero attached hydrogens (tertiary/aromatic N) is 2. The van der Waals surface area contributed by atoms with E-state index in [1.165, 1.54) is 5.56 Å². The van der Waals surface area contributed by atoms with Gasteiger partial charge in [-0.2, -0.15) is 0 Å². The molecule has 1 aliphatic heterocycles. The molecule has 134 valence electrons. The molecule has 5 rings (SSSR count). The molecular formula is C21H19N5O. The molecule has 3 N–H and O–H groups in total. The zero-order valence-electron chi connectivity index (χ0n) is 14.9. The van der Waals surface area contributed by atoms with Crippen molar-refractivity contribution in [2.24, 2.45) is 0 Å². The fourth-order valence-electron chi connectivity index (χ4n) is 3.71. The van der Waals surface area contributed by atoms with E-state index < -0.39 is 0 Å². The first kappa shape index (κ1) is 15.7. The predicted octanol–water partition coefficient (Wildman–Crippen LogP) is 4.14. The topological polar surface area (TPSA) is 76.8 Å². The van der Waals surface area contributed by atoms with Gasteiger partial charge in [-0.15, -0.1) is 0 Å². The summed E-state index contributed by atoms with van der Waals surface area (Å²) in [5.41, 5.74) is 7.22. The van der Waals surface area contributed by atoms with Crippen molar-refractivity contribution >= 4 is 22.8 Å². The molecule has 1 aliphatic rings. The van der Waals surface area contributed by atoms with E-state index in [9.17, 15) is 4.79 Å². The van der Waals surface area contributed by atoms with Crippen LogP contribution in [-0.4, -0.2) is 27.5 Å². The fourth-order valence-corrected chi connectivity index (χ4v) is 3.71. The van der Waals surface area contributed by atoms with Gasteiger partial charge in [0.25, 0.3) is 0 Å². The molecule has 0 saturated carbocycles. The van der Waals surface area contributed by atoms with Crippen molar-refractivity contribution in [3.8, 4) is 11.1 Å². The van der Waals surface area contributed by atoms with Gasteiger partial charge in [0.05, 0.1) is 23.4 Å². The van der Waals surface area contributed by atoms with Crippen LogP contribution in [0.25, 0.3) is 22.2 Å². The zero-order chi connectivity index (χ0) is 18.4. The number of carbonyl (C=O) groups is 1. The van der Waals surface area contributed by atoms with Gasteiger partial charge in [-0.05, 0) is 47.9 Å². The minimum atomic E-state index is -0.0831. The summed E-state index contributed by atoms with van der Waals surface area (Å²) in [7, 11) is 0. The molecule has 0 aliphatic carbocycles. The number of anilines is 1. The van der Waals surface area contributed by atoms with Crippen LogP contribution in [0.15, 0.2) is 61.1 Å². The summed E-state index contributed by atoms with van der Waals surface area (Å²) in [6.07, 6.45) is 3.67. The van der Waals surface area contributed by atoms with Gasteiger partial charge in [0.2, 0.25) is 0 Å². The van der Waals surface area contributed by atoms with Gasteiger partial charge in [0.1, 0.15) is 0 Å². The number of imidazole rings is 1. The number of carbonyl (C=O) groups excluding carboxylic acids is 1. The Labute approximate surface area is 156 Å². The van der Waals surface area contributed by atoms with Gasteiger partial charge in [0, 0.05) is 24.1 Å². The highest BCUT2D eigenvalue weighted by molar-refractivity contribution is 5.97. The molecule has 1 saturated heterocycles. The first-order valence-electron chi connectivity index (χ1n) is 8.94. The molecule has 4 aromatic rings. The molecule has 6 heteroatoms. The lowest BCUT2D eigenvalue weighted by Gasteiger charge is -2.23. The molecule has 0 bridgehead atoms. The number of hydrogen-bond acceptors (Lipinski definition) is 2. The molecule has 1 fully saturated rings. The smallest absolute Gasteiger partial charge is 0.322 e. The lowest BCUT2D eigenvalue weighted by Crippen LogP contribution is -2.29. The molecule has 6 nitrogen and oxygen atoms in total. The Hall–Kier alpha value is -3.54. The number of aromatic amines is 2. The van der Waals surface area contributed by atoms with Crippen molar-refractivity contribution in [2.45, 2.75) is 13.0 Å². The Balaban J connectivity index is 1.48. The van der Waals surface area contributed by atoms with Crippen molar-refractivity contribution in [1.82, 2.24) is 20.3 Å². The maximum absolute atomic E-state index is 12.5. The summed E-state index contributed by atoms with van der Waals surface area (Å²) in [5.74, 6) is 0. The van der Waals surface area contributed by atoms with E-state index in [0.717, 1.165) is 33.5 Å². The number of H-pyrrole nitrogens is 2. The Kier molecular flexibility index (Phi) is 3.50. The average Bonchev–Trinajstić information content (AvgIpc) is 3.41. The van der Waals surface area contributed by atoms with E-state index in [1.54, 1.807) is 6.33 Å². The Morgan fingerprint density at radius 1 is 1.04 bits per heavy atom. The third kappa shape index (κ3) is 2.66. The largest absolute Gasteiger partial charge is 0.365 e. The number of benzene rings is 2. The highest BCUT2D eigenvalue weighted by atomic mass is 16.2. The second-order valence-electron chi connectivity index (χ2n) is 6.87. The van der Waals surface area contributed by atoms with E-state index in [1.807, 2.05) is 36.2 Å². The van der Waals surface area contributed by atoms with Crippen molar-refractivity contribution < 1.29 is 4.79 Å². The van der Waals surface area contributed by atoms with Gasteiger partial charge in [-0.3, -0.25) is 4.90 Å². The second-order valence-corrected chi connectivity index (χ2v) is 6.87. The number of hydrogen-bond donors (Lipinski definition) is 3. The Morgan fingerprint density at radius 3 is 2.67 bits per heavy atom.